The van der Waals surface area contributed by atoms with E-state index in [9.17, 15) is 9.18 Å². The molecule has 0 bridgehead atoms. The highest BCUT2D eigenvalue weighted by Gasteiger charge is 2.24. The summed E-state index contributed by atoms with van der Waals surface area (Å²) in [5, 5.41) is 6.00. The van der Waals surface area contributed by atoms with Gasteiger partial charge in [-0.15, -0.1) is 0 Å². The SMILES string of the molecule is CC1CCC(NCC(=O)Nc2cccc(F)c2)CC1C. The van der Waals surface area contributed by atoms with E-state index in [1.165, 1.54) is 18.6 Å². The van der Waals surface area contributed by atoms with Crippen molar-refractivity contribution in [2.45, 2.75) is 39.2 Å². The first-order valence-electron chi connectivity index (χ1n) is 7.33. The van der Waals surface area contributed by atoms with Gasteiger partial charge in [-0.2, -0.15) is 0 Å². The van der Waals surface area contributed by atoms with E-state index in [0.29, 0.717) is 17.6 Å². The van der Waals surface area contributed by atoms with Gasteiger partial charge in [0.1, 0.15) is 5.82 Å². The molecule has 0 spiro atoms. The third kappa shape index (κ3) is 4.30. The molecule has 0 heterocycles. The highest BCUT2D eigenvalue weighted by molar-refractivity contribution is 5.92. The molecule has 1 aromatic rings. The summed E-state index contributed by atoms with van der Waals surface area (Å²) in [6, 6.07) is 6.37. The van der Waals surface area contributed by atoms with Crippen molar-refractivity contribution >= 4 is 11.6 Å². The summed E-state index contributed by atoms with van der Waals surface area (Å²) in [5.41, 5.74) is 0.502. The van der Waals surface area contributed by atoms with Gasteiger partial charge in [-0.25, -0.2) is 4.39 Å². The second kappa shape index (κ2) is 6.84. The lowest BCUT2D eigenvalue weighted by molar-refractivity contribution is -0.115. The zero-order chi connectivity index (χ0) is 14.5. The number of amides is 1. The maximum atomic E-state index is 13.0. The van der Waals surface area contributed by atoms with Gasteiger partial charge in [0, 0.05) is 11.7 Å². The fourth-order valence-corrected chi connectivity index (χ4v) is 2.74. The molecular weight excluding hydrogens is 255 g/mol. The molecule has 1 fully saturated rings. The third-order valence-corrected chi connectivity index (χ3v) is 4.26. The molecule has 2 rings (SSSR count). The molecule has 0 saturated heterocycles. The van der Waals surface area contributed by atoms with E-state index in [-0.39, 0.29) is 18.3 Å². The zero-order valence-corrected chi connectivity index (χ0v) is 12.2. The number of anilines is 1. The van der Waals surface area contributed by atoms with E-state index in [0.717, 1.165) is 18.8 Å². The van der Waals surface area contributed by atoms with E-state index >= 15 is 0 Å². The number of hydrogen-bond donors (Lipinski definition) is 2. The summed E-state index contributed by atoms with van der Waals surface area (Å²) in [6.45, 7) is 4.84. The number of nitrogens with one attached hydrogen (secondary N) is 2. The van der Waals surface area contributed by atoms with E-state index in [1.54, 1.807) is 12.1 Å². The summed E-state index contributed by atoms with van der Waals surface area (Å²) in [5.74, 6) is 1.01. The second-order valence-electron chi connectivity index (χ2n) is 5.90. The van der Waals surface area contributed by atoms with Crippen LogP contribution in [0.2, 0.25) is 0 Å². The number of benzene rings is 1. The minimum atomic E-state index is -0.342. The van der Waals surface area contributed by atoms with Crippen molar-refractivity contribution in [3.8, 4) is 0 Å². The van der Waals surface area contributed by atoms with Gasteiger partial charge in [0.15, 0.2) is 0 Å². The van der Waals surface area contributed by atoms with Crippen LogP contribution in [0, 0.1) is 17.7 Å². The molecule has 110 valence electrons. The van der Waals surface area contributed by atoms with Crippen molar-refractivity contribution in [2.24, 2.45) is 11.8 Å². The van der Waals surface area contributed by atoms with Crippen LogP contribution in [-0.4, -0.2) is 18.5 Å². The van der Waals surface area contributed by atoms with Crippen LogP contribution in [-0.2, 0) is 4.79 Å². The van der Waals surface area contributed by atoms with Gasteiger partial charge in [0.2, 0.25) is 5.91 Å². The molecule has 3 nitrogen and oxygen atoms in total. The van der Waals surface area contributed by atoms with E-state index in [1.807, 2.05) is 0 Å². The van der Waals surface area contributed by atoms with Crippen LogP contribution in [0.5, 0.6) is 0 Å². The summed E-state index contributed by atoms with van der Waals surface area (Å²) in [4.78, 5) is 11.8. The average Bonchev–Trinajstić information content (AvgIpc) is 2.40. The molecule has 0 radical (unpaired) electrons. The standard InChI is InChI=1S/C16H23FN2O/c1-11-6-7-14(8-12(11)2)18-10-16(20)19-15-5-3-4-13(17)9-15/h3-5,9,11-12,14,18H,6-8,10H2,1-2H3,(H,19,20). The smallest absolute Gasteiger partial charge is 0.238 e. The monoisotopic (exact) mass is 278 g/mol. The van der Waals surface area contributed by atoms with E-state index in [2.05, 4.69) is 24.5 Å². The van der Waals surface area contributed by atoms with Gasteiger partial charge in [0.05, 0.1) is 6.54 Å². The molecule has 4 heteroatoms. The maximum absolute atomic E-state index is 13.0. The number of carbonyl (C=O) groups is 1. The minimum absolute atomic E-state index is 0.123. The molecule has 0 aromatic heterocycles. The van der Waals surface area contributed by atoms with Crippen molar-refractivity contribution < 1.29 is 9.18 Å². The normalized spacial score (nSPS) is 26.2. The Morgan fingerprint density at radius 1 is 1.30 bits per heavy atom. The Morgan fingerprint density at radius 3 is 2.80 bits per heavy atom. The minimum Gasteiger partial charge on any atom is -0.325 e. The largest absolute Gasteiger partial charge is 0.325 e. The molecule has 1 aliphatic rings. The quantitative estimate of drug-likeness (QED) is 0.888. The Kier molecular flexibility index (Phi) is 5.12. The van der Waals surface area contributed by atoms with Gasteiger partial charge in [0.25, 0.3) is 0 Å². The van der Waals surface area contributed by atoms with Crippen LogP contribution in [0.15, 0.2) is 24.3 Å². The molecule has 20 heavy (non-hydrogen) atoms. The molecule has 1 saturated carbocycles. The molecule has 2 N–H and O–H groups in total. The van der Waals surface area contributed by atoms with Crippen LogP contribution < -0.4 is 10.6 Å². The molecular formula is C16H23FN2O. The molecule has 3 unspecified atom stereocenters. The van der Waals surface area contributed by atoms with Crippen molar-refractivity contribution in [2.75, 3.05) is 11.9 Å². The predicted octanol–water partition coefficient (Wildman–Crippen LogP) is 3.18. The van der Waals surface area contributed by atoms with Gasteiger partial charge in [-0.1, -0.05) is 19.9 Å². The van der Waals surface area contributed by atoms with Gasteiger partial charge >= 0.3 is 0 Å². The van der Waals surface area contributed by atoms with Crippen molar-refractivity contribution in [3.05, 3.63) is 30.1 Å². The van der Waals surface area contributed by atoms with Crippen LogP contribution in [0.25, 0.3) is 0 Å². The first-order valence-corrected chi connectivity index (χ1v) is 7.33. The summed E-state index contributed by atoms with van der Waals surface area (Å²) < 4.78 is 13.0. The summed E-state index contributed by atoms with van der Waals surface area (Å²) in [6.07, 6.45) is 3.46. The molecule has 1 amide bonds. The lowest BCUT2D eigenvalue weighted by atomic mass is 9.79. The lowest BCUT2D eigenvalue weighted by Gasteiger charge is -2.32. The van der Waals surface area contributed by atoms with Gasteiger partial charge < -0.3 is 10.6 Å². The first-order chi connectivity index (χ1) is 9.54. The average molecular weight is 278 g/mol. The Morgan fingerprint density at radius 2 is 2.10 bits per heavy atom. The Balaban J connectivity index is 1.75. The Labute approximate surface area is 120 Å². The number of rotatable bonds is 4. The molecule has 1 aliphatic carbocycles. The Hall–Kier alpha value is -1.42. The van der Waals surface area contributed by atoms with Gasteiger partial charge in [-0.3, -0.25) is 4.79 Å². The van der Waals surface area contributed by atoms with Crippen LogP contribution in [0.4, 0.5) is 10.1 Å². The summed E-state index contributed by atoms with van der Waals surface area (Å²) in [7, 11) is 0. The molecule has 3 atom stereocenters. The highest BCUT2D eigenvalue weighted by Crippen LogP contribution is 2.29. The molecule has 0 aliphatic heterocycles. The highest BCUT2D eigenvalue weighted by atomic mass is 19.1. The Bertz CT molecular complexity index is 464. The number of halogens is 1. The number of hydrogen-bond acceptors (Lipinski definition) is 2. The topological polar surface area (TPSA) is 41.1 Å². The fraction of sp³-hybridized carbons (Fsp3) is 0.562. The maximum Gasteiger partial charge on any atom is 0.238 e. The van der Waals surface area contributed by atoms with E-state index in [4.69, 9.17) is 0 Å². The third-order valence-electron chi connectivity index (χ3n) is 4.26. The van der Waals surface area contributed by atoms with Crippen LogP contribution in [0.3, 0.4) is 0 Å². The molecule has 1 aromatic carbocycles. The predicted molar refractivity (Wildman–Crippen MR) is 79.0 cm³/mol. The van der Waals surface area contributed by atoms with Crippen molar-refractivity contribution in [1.29, 1.82) is 0 Å². The van der Waals surface area contributed by atoms with Crippen molar-refractivity contribution in [3.63, 3.8) is 0 Å². The fourth-order valence-electron chi connectivity index (χ4n) is 2.74. The van der Waals surface area contributed by atoms with E-state index < -0.39 is 0 Å². The summed E-state index contributed by atoms with van der Waals surface area (Å²) >= 11 is 0. The lowest BCUT2D eigenvalue weighted by Crippen LogP contribution is -2.40. The van der Waals surface area contributed by atoms with Crippen molar-refractivity contribution in [1.82, 2.24) is 5.32 Å². The number of carbonyl (C=O) groups excluding carboxylic acids is 1. The van der Waals surface area contributed by atoms with Crippen LogP contribution >= 0.6 is 0 Å². The zero-order valence-electron chi connectivity index (χ0n) is 12.2. The van der Waals surface area contributed by atoms with Crippen LogP contribution in [0.1, 0.15) is 33.1 Å². The van der Waals surface area contributed by atoms with Gasteiger partial charge in [-0.05, 0) is 49.3 Å². The second-order valence-corrected chi connectivity index (χ2v) is 5.90. The first kappa shape index (κ1) is 15.0.